The highest BCUT2D eigenvalue weighted by Gasteiger charge is 2.30. The molecule has 0 spiro atoms. The maximum absolute atomic E-state index is 12.5. The van der Waals surface area contributed by atoms with E-state index in [4.69, 9.17) is 0 Å². The number of piperidine rings is 1. The summed E-state index contributed by atoms with van der Waals surface area (Å²) in [5.41, 5.74) is 0.0335. The number of nitrogens with zero attached hydrogens (tertiary/aromatic N) is 1. The number of rotatable bonds is 3. The Morgan fingerprint density at radius 2 is 1.82 bits per heavy atom. The SMILES string of the molecule is CC(Cc1ccc(C(F)(F)F)cc1)C(=O)N1CCC(O)CC1. The highest BCUT2D eigenvalue weighted by atomic mass is 19.4. The van der Waals surface area contributed by atoms with Crippen LogP contribution in [0.1, 0.15) is 30.9 Å². The van der Waals surface area contributed by atoms with Gasteiger partial charge in [0.25, 0.3) is 0 Å². The summed E-state index contributed by atoms with van der Waals surface area (Å²) in [6, 6.07) is 4.94. The van der Waals surface area contributed by atoms with Crippen LogP contribution in [0.25, 0.3) is 0 Å². The Bertz CT molecular complexity index is 505. The van der Waals surface area contributed by atoms with Crippen LogP contribution in [-0.2, 0) is 17.4 Å². The van der Waals surface area contributed by atoms with E-state index < -0.39 is 11.7 Å². The van der Waals surface area contributed by atoms with E-state index in [1.165, 1.54) is 12.1 Å². The minimum Gasteiger partial charge on any atom is -0.393 e. The molecule has 0 saturated carbocycles. The van der Waals surface area contributed by atoms with Gasteiger partial charge < -0.3 is 10.0 Å². The highest BCUT2D eigenvalue weighted by Crippen LogP contribution is 2.29. The molecule has 1 aliphatic rings. The number of hydrogen-bond acceptors (Lipinski definition) is 2. The fourth-order valence-corrected chi connectivity index (χ4v) is 2.67. The molecule has 1 saturated heterocycles. The zero-order valence-corrected chi connectivity index (χ0v) is 12.4. The van der Waals surface area contributed by atoms with E-state index in [1.807, 2.05) is 0 Å². The molecule has 0 aliphatic carbocycles. The Hall–Kier alpha value is -1.56. The molecule has 1 aromatic carbocycles. The number of carbonyl (C=O) groups is 1. The summed E-state index contributed by atoms with van der Waals surface area (Å²) >= 11 is 0. The number of aliphatic hydroxyl groups excluding tert-OH is 1. The van der Waals surface area contributed by atoms with Crippen LogP contribution < -0.4 is 0 Å². The van der Waals surface area contributed by atoms with Gasteiger partial charge in [0.2, 0.25) is 5.91 Å². The van der Waals surface area contributed by atoms with Crippen molar-refractivity contribution in [2.45, 2.75) is 38.5 Å². The molecule has 1 atom stereocenters. The number of aliphatic hydroxyl groups is 1. The minimum atomic E-state index is -4.34. The van der Waals surface area contributed by atoms with Gasteiger partial charge in [0, 0.05) is 19.0 Å². The first-order chi connectivity index (χ1) is 10.3. The number of likely N-dealkylation sites (tertiary alicyclic amines) is 1. The Morgan fingerprint density at radius 1 is 1.27 bits per heavy atom. The molecule has 0 aromatic heterocycles. The van der Waals surface area contributed by atoms with Crippen molar-refractivity contribution < 1.29 is 23.1 Å². The van der Waals surface area contributed by atoms with Crippen molar-refractivity contribution in [1.29, 1.82) is 0 Å². The lowest BCUT2D eigenvalue weighted by Crippen LogP contribution is -2.42. The Labute approximate surface area is 127 Å². The Kier molecular flexibility index (Phi) is 5.11. The summed E-state index contributed by atoms with van der Waals surface area (Å²) in [4.78, 5) is 14.0. The normalized spacial score (nSPS) is 18.3. The van der Waals surface area contributed by atoms with Crippen molar-refractivity contribution in [1.82, 2.24) is 4.90 Å². The van der Waals surface area contributed by atoms with Crippen molar-refractivity contribution >= 4 is 5.91 Å². The fraction of sp³-hybridized carbons (Fsp3) is 0.562. The number of carbonyl (C=O) groups excluding carboxylic acids is 1. The van der Waals surface area contributed by atoms with Gasteiger partial charge >= 0.3 is 6.18 Å². The summed E-state index contributed by atoms with van der Waals surface area (Å²) < 4.78 is 37.5. The zero-order valence-electron chi connectivity index (χ0n) is 12.4. The van der Waals surface area contributed by atoms with Crippen LogP contribution >= 0.6 is 0 Å². The van der Waals surface area contributed by atoms with E-state index in [-0.39, 0.29) is 17.9 Å². The van der Waals surface area contributed by atoms with E-state index >= 15 is 0 Å². The molecule has 122 valence electrons. The van der Waals surface area contributed by atoms with Crippen LogP contribution in [0, 0.1) is 5.92 Å². The summed E-state index contributed by atoms with van der Waals surface area (Å²) in [6.07, 6.45) is -3.10. The zero-order chi connectivity index (χ0) is 16.3. The van der Waals surface area contributed by atoms with Crippen LogP contribution in [0.3, 0.4) is 0 Å². The summed E-state index contributed by atoms with van der Waals surface area (Å²) in [7, 11) is 0. The smallest absolute Gasteiger partial charge is 0.393 e. The van der Waals surface area contributed by atoms with E-state index in [2.05, 4.69) is 0 Å². The van der Waals surface area contributed by atoms with Crippen LogP contribution in [-0.4, -0.2) is 35.1 Å². The molecule has 1 N–H and O–H groups in total. The van der Waals surface area contributed by atoms with Crippen LogP contribution in [0.2, 0.25) is 0 Å². The van der Waals surface area contributed by atoms with Gasteiger partial charge in [-0.1, -0.05) is 19.1 Å². The third kappa shape index (κ3) is 4.22. The lowest BCUT2D eigenvalue weighted by molar-refractivity contribution is -0.138. The molecular formula is C16H20F3NO2. The van der Waals surface area contributed by atoms with Crippen LogP contribution in [0.15, 0.2) is 24.3 Å². The third-order valence-electron chi connectivity index (χ3n) is 4.02. The van der Waals surface area contributed by atoms with Gasteiger partial charge in [0.1, 0.15) is 0 Å². The van der Waals surface area contributed by atoms with E-state index in [1.54, 1.807) is 11.8 Å². The molecule has 1 aliphatic heterocycles. The number of benzene rings is 1. The summed E-state index contributed by atoms with van der Waals surface area (Å²) in [5, 5.41) is 9.44. The monoisotopic (exact) mass is 315 g/mol. The van der Waals surface area contributed by atoms with Gasteiger partial charge in [0.05, 0.1) is 11.7 Å². The summed E-state index contributed by atoms with van der Waals surface area (Å²) in [6.45, 7) is 2.86. The quantitative estimate of drug-likeness (QED) is 0.932. The predicted molar refractivity (Wildman–Crippen MR) is 76.1 cm³/mol. The first kappa shape index (κ1) is 16.8. The molecule has 0 radical (unpaired) electrons. The van der Waals surface area contributed by atoms with Gasteiger partial charge in [-0.25, -0.2) is 0 Å². The molecule has 3 nitrogen and oxygen atoms in total. The predicted octanol–water partition coefficient (Wildman–Crippen LogP) is 2.87. The molecule has 2 rings (SSSR count). The number of alkyl halides is 3. The molecule has 1 unspecified atom stereocenters. The van der Waals surface area contributed by atoms with Gasteiger partial charge in [-0.2, -0.15) is 13.2 Å². The van der Waals surface area contributed by atoms with Crippen molar-refractivity contribution in [2.24, 2.45) is 5.92 Å². The van der Waals surface area contributed by atoms with Crippen LogP contribution in [0.4, 0.5) is 13.2 Å². The topological polar surface area (TPSA) is 40.5 Å². The fourth-order valence-electron chi connectivity index (χ4n) is 2.67. The second-order valence-corrected chi connectivity index (χ2v) is 5.86. The molecule has 6 heteroatoms. The van der Waals surface area contributed by atoms with Gasteiger partial charge in [-0.05, 0) is 37.0 Å². The molecule has 22 heavy (non-hydrogen) atoms. The highest BCUT2D eigenvalue weighted by molar-refractivity contribution is 5.78. The summed E-state index contributed by atoms with van der Waals surface area (Å²) in [5.74, 6) is -0.293. The average Bonchev–Trinajstić information content (AvgIpc) is 2.47. The lowest BCUT2D eigenvalue weighted by Gasteiger charge is -2.31. The molecule has 1 aromatic rings. The molecule has 1 fully saturated rings. The average molecular weight is 315 g/mol. The second-order valence-electron chi connectivity index (χ2n) is 5.86. The van der Waals surface area contributed by atoms with Crippen molar-refractivity contribution in [2.75, 3.05) is 13.1 Å². The van der Waals surface area contributed by atoms with Gasteiger partial charge in [-0.3, -0.25) is 4.79 Å². The molecule has 0 bridgehead atoms. The second kappa shape index (κ2) is 6.69. The maximum atomic E-state index is 12.5. The number of halogens is 3. The number of amides is 1. The minimum absolute atomic E-state index is 0.00759. The first-order valence-corrected chi connectivity index (χ1v) is 7.40. The van der Waals surface area contributed by atoms with Crippen molar-refractivity contribution in [3.8, 4) is 0 Å². The van der Waals surface area contributed by atoms with E-state index in [9.17, 15) is 23.1 Å². The van der Waals surface area contributed by atoms with Crippen LogP contribution in [0.5, 0.6) is 0 Å². The standard InChI is InChI=1S/C16H20F3NO2/c1-11(15(22)20-8-6-14(21)7-9-20)10-12-2-4-13(5-3-12)16(17,18)19/h2-5,11,14,21H,6-10H2,1H3. The largest absolute Gasteiger partial charge is 0.416 e. The van der Waals surface area contributed by atoms with E-state index in [0.717, 1.165) is 12.1 Å². The Balaban J connectivity index is 1.93. The maximum Gasteiger partial charge on any atom is 0.416 e. The van der Waals surface area contributed by atoms with Gasteiger partial charge in [-0.15, -0.1) is 0 Å². The van der Waals surface area contributed by atoms with Gasteiger partial charge in [0.15, 0.2) is 0 Å². The van der Waals surface area contributed by atoms with Crippen molar-refractivity contribution in [3.05, 3.63) is 35.4 Å². The Morgan fingerprint density at radius 3 is 2.32 bits per heavy atom. The van der Waals surface area contributed by atoms with Crippen molar-refractivity contribution in [3.63, 3.8) is 0 Å². The molecular weight excluding hydrogens is 295 g/mol. The molecule has 1 heterocycles. The third-order valence-corrected chi connectivity index (χ3v) is 4.02. The lowest BCUT2D eigenvalue weighted by atomic mass is 9.97. The first-order valence-electron chi connectivity index (χ1n) is 7.40. The number of hydrogen-bond donors (Lipinski definition) is 1. The van der Waals surface area contributed by atoms with E-state index in [0.29, 0.717) is 37.9 Å². The molecule has 1 amide bonds.